The first-order valence-corrected chi connectivity index (χ1v) is 7.81. The van der Waals surface area contributed by atoms with Crippen LogP contribution in [0.4, 0.5) is 0 Å². The van der Waals surface area contributed by atoms with Crippen LogP contribution in [0.15, 0.2) is 42.5 Å². The molecule has 0 heterocycles. The topological polar surface area (TPSA) is 29.1 Å². The molecule has 0 atom stereocenters. The number of benzene rings is 1. The molecule has 20 heavy (non-hydrogen) atoms. The van der Waals surface area contributed by atoms with Gasteiger partial charge in [0.05, 0.1) is 0 Å². The Kier molecular flexibility index (Phi) is 9.29. The van der Waals surface area contributed by atoms with Gasteiger partial charge in [-0.2, -0.15) is 0 Å². The highest BCUT2D eigenvalue weighted by atomic mass is 16.1. The molecular formula is C18H27NO. The number of amides is 1. The lowest BCUT2D eigenvalue weighted by atomic mass is 10.1. The maximum absolute atomic E-state index is 11.6. The molecule has 0 bridgehead atoms. The number of carbonyl (C=O) groups excluding carboxylic acids is 1. The molecule has 2 heteroatoms. The van der Waals surface area contributed by atoms with E-state index in [1.165, 1.54) is 37.7 Å². The molecule has 1 aromatic carbocycles. The number of nitrogens with one attached hydrogen (secondary N) is 1. The zero-order valence-electron chi connectivity index (χ0n) is 12.6. The largest absolute Gasteiger partial charge is 0.352 e. The predicted molar refractivity (Wildman–Crippen MR) is 85.7 cm³/mol. The Bertz CT molecular complexity index is 384. The molecule has 1 N–H and O–H groups in total. The summed E-state index contributed by atoms with van der Waals surface area (Å²) in [6.45, 7) is 2.92. The highest BCUT2D eigenvalue weighted by Gasteiger charge is 1.95. The Hall–Kier alpha value is -1.57. The van der Waals surface area contributed by atoms with Gasteiger partial charge in [0.1, 0.15) is 0 Å². The standard InChI is InChI=1S/C18H27NO/c1-2-3-4-5-6-7-11-14-18(20)19-16-15-17-12-9-8-10-13-17/h8-14H,2-7,15-16H2,1H3,(H,19,20)/b14-11+. The van der Waals surface area contributed by atoms with Gasteiger partial charge in [0.25, 0.3) is 0 Å². The van der Waals surface area contributed by atoms with Crippen molar-refractivity contribution in [3.63, 3.8) is 0 Å². The zero-order valence-corrected chi connectivity index (χ0v) is 12.6. The average Bonchev–Trinajstić information content (AvgIpc) is 2.47. The van der Waals surface area contributed by atoms with Gasteiger partial charge in [0, 0.05) is 6.54 Å². The lowest BCUT2D eigenvalue weighted by molar-refractivity contribution is -0.116. The normalized spacial score (nSPS) is 10.8. The van der Waals surface area contributed by atoms with Crippen LogP contribution in [0.3, 0.4) is 0 Å². The SMILES string of the molecule is CCCCCCC/C=C/C(=O)NCCc1ccccc1. The van der Waals surface area contributed by atoms with E-state index in [-0.39, 0.29) is 5.91 Å². The van der Waals surface area contributed by atoms with Crippen molar-refractivity contribution in [2.45, 2.75) is 51.9 Å². The molecular weight excluding hydrogens is 246 g/mol. The van der Waals surface area contributed by atoms with Crippen molar-refractivity contribution in [3.8, 4) is 0 Å². The number of rotatable bonds is 10. The van der Waals surface area contributed by atoms with Crippen molar-refractivity contribution in [2.75, 3.05) is 6.54 Å². The average molecular weight is 273 g/mol. The minimum atomic E-state index is 0.0227. The van der Waals surface area contributed by atoms with E-state index in [0.29, 0.717) is 6.54 Å². The van der Waals surface area contributed by atoms with E-state index in [1.54, 1.807) is 6.08 Å². The van der Waals surface area contributed by atoms with Crippen molar-refractivity contribution < 1.29 is 4.79 Å². The van der Waals surface area contributed by atoms with E-state index in [9.17, 15) is 4.79 Å². The van der Waals surface area contributed by atoms with Gasteiger partial charge in [-0.15, -0.1) is 0 Å². The Morgan fingerprint density at radius 1 is 1.10 bits per heavy atom. The fraction of sp³-hybridized carbons (Fsp3) is 0.500. The summed E-state index contributed by atoms with van der Waals surface area (Å²) in [6, 6.07) is 10.2. The Morgan fingerprint density at radius 3 is 2.60 bits per heavy atom. The monoisotopic (exact) mass is 273 g/mol. The van der Waals surface area contributed by atoms with Gasteiger partial charge in [-0.3, -0.25) is 4.79 Å². The first-order chi connectivity index (χ1) is 9.83. The van der Waals surface area contributed by atoms with Gasteiger partial charge in [-0.1, -0.05) is 69.0 Å². The van der Waals surface area contributed by atoms with Gasteiger partial charge >= 0.3 is 0 Å². The van der Waals surface area contributed by atoms with Crippen LogP contribution in [-0.2, 0) is 11.2 Å². The predicted octanol–water partition coefficient (Wildman–Crippen LogP) is 4.26. The van der Waals surface area contributed by atoms with Crippen molar-refractivity contribution in [1.29, 1.82) is 0 Å². The van der Waals surface area contributed by atoms with Crippen LogP contribution >= 0.6 is 0 Å². The summed E-state index contributed by atoms with van der Waals surface area (Å²) in [6.07, 6.45) is 11.9. The number of carbonyl (C=O) groups is 1. The zero-order chi connectivity index (χ0) is 14.5. The van der Waals surface area contributed by atoms with Crippen LogP contribution in [0, 0.1) is 0 Å². The summed E-state index contributed by atoms with van der Waals surface area (Å²) in [5, 5.41) is 2.92. The molecule has 1 amide bonds. The number of hydrogen-bond donors (Lipinski definition) is 1. The van der Waals surface area contributed by atoms with E-state index >= 15 is 0 Å². The second-order valence-electron chi connectivity index (χ2n) is 5.13. The molecule has 0 unspecified atom stereocenters. The second kappa shape index (κ2) is 11.3. The molecule has 0 aromatic heterocycles. The minimum Gasteiger partial charge on any atom is -0.352 e. The van der Waals surface area contributed by atoms with Crippen molar-refractivity contribution in [1.82, 2.24) is 5.32 Å². The fourth-order valence-electron chi connectivity index (χ4n) is 2.09. The molecule has 0 aliphatic rings. The van der Waals surface area contributed by atoms with Gasteiger partial charge in [-0.05, 0) is 30.9 Å². The third-order valence-electron chi connectivity index (χ3n) is 3.30. The fourth-order valence-corrected chi connectivity index (χ4v) is 2.09. The third kappa shape index (κ3) is 8.52. The highest BCUT2D eigenvalue weighted by Crippen LogP contribution is 2.05. The quantitative estimate of drug-likeness (QED) is 0.501. The van der Waals surface area contributed by atoms with Crippen molar-refractivity contribution >= 4 is 5.91 Å². The summed E-state index contributed by atoms with van der Waals surface area (Å²) >= 11 is 0. The van der Waals surface area contributed by atoms with E-state index in [0.717, 1.165) is 12.8 Å². The first kappa shape index (κ1) is 16.5. The maximum atomic E-state index is 11.6. The molecule has 0 aliphatic carbocycles. The molecule has 0 spiro atoms. The maximum Gasteiger partial charge on any atom is 0.243 e. The second-order valence-corrected chi connectivity index (χ2v) is 5.13. The molecule has 0 fully saturated rings. The number of allylic oxidation sites excluding steroid dienone is 1. The van der Waals surface area contributed by atoms with Crippen LogP contribution in [0.2, 0.25) is 0 Å². The summed E-state index contributed by atoms with van der Waals surface area (Å²) in [4.78, 5) is 11.6. The van der Waals surface area contributed by atoms with E-state index in [1.807, 2.05) is 24.3 Å². The van der Waals surface area contributed by atoms with Crippen LogP contribution in [0.1, 0.15) is 51.0 Å². The van der Waals surface area contributed by atoms with Crippen molar-refractivity contribution in [2.24, 2.45) is 0 Å². The van der Waals surface area contributed by atoms with Crippen LogP contribution in [0.25, 0.3) is 0 Å². The molecule has 110 valence electrons. The lowest BCUT2D eigenvalue weighted by Crippen LogP contribution is -2.23. The Morgan fingerprint density at radius 2 is 1.85 bits per heavy atom. The Labute approximate surface area is 123 Å². The number of hydrogen-bond acceptors (Lipinski definition) is 1. The van der Waals surface area contributed by atoms with Gasteiger partial charge in [0.15, 0.2) is 0 Å². The molecule has 1 aromatic rings. The van der Waals surface area contributed by atoms with Gasteiger partial charge in [0.2, 0.25) is 5.91 Å². The summed E-state index contributed by atoms with van der Waals surface area (Å²) in [5.74, 6) is 0.0227. The third-order valence-corrected chi connectivity index (χ3v) is 3.30. The summed E-state index contributed by atoms with van der Waals surface area (Å²) < 4.78 is 0. The summed E-state index contributed by atoms with van der Waals surface area (Å²) in [7, 11) is 0. The highest BCUT2D eigenvalue weighted by molar-refractivity contribution is 5.87. The number of unbranched alkanes of at least 4 members (excludes halogenated alkanes) is 5. The lowest BCUT2D eigenvalue weighted by Gasteiger charge is -2.02. The van der Waals surface area contributed by atoms with E-state index < -0.39 is 0 Å². The van der Waals surface area contributed by atoms with Crippen LogP contribution in [0.5, 0.6) is 0 Å². The minimum absolute atomic E-state index is 0.0227. The molecule has 0 radical (unpaired) electrons. The van der Waals surface area contributed by atoms with Gasteiger partial charge in [-0.25, -0.2) is 0 Å². The van der Waals surface area contributed by atoms with Crippen LogP contribution in [-0.4, -0.2) is 12.5 Å². The van der Waals surface area contributed by atoms with Crippen LogP contribution < -0.4 is 5.32 Å². The molecule has 0 aliphatic heterocycles. The van der Waals surface area contributed by atoms with E-state index in [2.05, 4.69) is 24.4 Å². The van der Waals surface area contributed by atoms with E-state index in [4.69, 9.17) is 0 Å². The molecule has 2 nitrogen and oxygen atoms in total. The Balaban J connectivity index is 2.02. The summed E-state index contributed by atoms with van der Waals surface area (Å²) in [5.41, 5.74) is 1.26. The van der Waals surface area contributed by atoms with Gasteiger partial charge < -0.3 is 5.32 Å². The smallest absolute Gasteiger partial charge is 0.243 e. The van der Waals surface area contributed by atoms with Crippen molar-refractivity contribution in [3.05, 3.63) is 48.0 Å². The molecule has 0 saturated carbocycles. The molecule has 0 saturated heterocycles. The first-order valence-electron chi connectivity index (χ1n) is 7.81. The molecule has 1 rings (SSSR count).